The van der Waals surface area contributed by atoms with E-state index in [0.717, 1.165) is 5.57 Å². The Hall–Kier alpha value is -2.39. The fourth-order valence-electron chi connectivity index (χ4n) is 3.97. The van der Waals surface area contributed by atoms with Crippen LogP contribution in [0.3, 0.4) is 0 Å². The van der Waals surface area contributed by atoms with Crippen molar-refractivity contribution in [2.75, 3.05) is 47.3 Å². The maximum absolute atomic E-state index is 14.8. The second kappa shape index (κ2) is 10.7. The van der Waals surface area contributed by atoms with E-state index < -0.39 is 17.6 Å². The summed E-state index contributed by atoms with van der Waals surface area (Å²) in [5, 5.41) is 0.186. The number of piperidine rings is 1. The Balaban J connectivity index is 1.92. The molecule has 3 rings (SSSR count). The molecule has 1 atom stereocenters. The summed E-state index contributed by atoms with van der Waals surface area (Å²) in [5.74, 6) is -2.82. The van der Waals surface area contributed by atoms with Crippen LogP contribution in [-0.2, 0) is 4.74 Å². The van der Waals surface area contributed by atoms with Gasteiger partial charge in [-0.25, -0.2) is 18.6 Å². The minimum absolute atomic E-state index is 0.177. The summed E-state index contributed by atoms with van der Waals surface area (Å²) in [6.45, 7) is 6.35. The zero-order chi connectivity index (χ0) is 26.0. The topological polar surface area (TPSA) is 57.6 Å². The van der Waals surface area contributed by atoms with E-state index in [2.05, 4.69) is 4.99 Å². The fraction of sp³-hybridized carbons (Fsp3) is 0.600. The Kier molecular flexibility index (Phi) is 8.32. The van der Waals surface area contributed by atoms with Crippen molar-refractivity contribution < 1.29 is 23.0 Å². The second-order valence-electron chi connectivity index (χ2n) is 10.3. The first kappa shape index (κ1) is 27.2. The molecule has 1 amide bonds. The summed E-state index contributed by atoms with van der Waals surface area (Å²) in [7, 11) is 5.32. The van der Waals surface area contributed by atoms with E-state index in [-0.39, 0.29) is 29.8 Å². The van der Waals surface area contributed by atoms with Gasteiger partial charge < -0.3 is 24.2 Å². The van der Waals surface area contributed by atoms with E-state index in [1.165, 1.54) is 0 Å². The molecule has 35 heavy (non-hydrogen) atoms. The number of aliphatic imine (C=N–C) groups is 1. The average molecular weight is 513 g/mol. The van der Waals surface area contributed by atoms with Gasteiger partial charge in [-0.05, 0) is 51.9 Å². The molecule has 0 aliphatic carbocycles. The third-order valence-electron chi connectivity index (χ3n) is 5.70. The van der Waals surface area contributed by atoms with Crippen molar-refractivity contribution in [1.82, 2.24) is 14.7 Å². The number of ether oxygens (including phenoxy) is 2. The Morgan fingerprint density at radius 2 is 2.00 bits per heavy atom. The predicted octanol–water partition coefficient (Wildman–Crippen LogP) is 5.30. The highest BCUT2D eigenvalue weighted by Gasteiger charge is 2.46. The van der Waals surface area contributed by atoms with E-state index >= 15 is 0 Å². The standard InChI is InChI=1S/C25H35ClF2N4O3/c1-24(2,3)35-23(33)32-13-9-17(10-14-32)18-7-8-19(29-16-30(4)5)21(26)22(18)34-20-11-12-31(6)15-25(20,27)28/h7-9,16,20H,10-15H2,1-6H3/t20-/m1/s1. The Labute approximate surface area is 211 Å². The van der Waals surface area contributed by atoms with Gasteiger partial charge in [0.25, 0.3) is 5.92 Å². The summed E-state index contributed by atoms with van der Waals surface area (Å²) in [6, 6.07) is 3.55. The number of nitrogens with zero attached hydrogens (tertiary/aromatic N) is 4. The number of hydrogen-bond acceptors (Lipinski definition) is 5. The van der Waals surface area contributed by atoms with Crippen molar-refractivity contribution in [2.45, 2.75) is 51.2 Å². The molecule has 194 valence electrons. The average Bonchev–Trinajstić information content (AvgIpc) is 2.74. The number of rotatable bonds is 5. The van der Waals surface area contributed by atoms with E-state index in [0.29, 0.717) is 37.3 Å². The molecule has 10 heteroatoms. The van der Waals surface area contributed by atoms with Gasteiger partial charge in [-0.15, -0.1) is 0 Å². The van der Waals surface area contributed by atoms with E-state index in [9.17, 15) is 13.6 Å². The molecule has 1 aromatic carbocycles. The van der Waals surface area contributed by atoms with Crippen molar-refractivity contribution >= 4 is 35.3 Å². The molecule has 0 aromatic heterocycles. The molecule has 2 aliphatic heterocycles. The number of halogens is 3. The summed E-state index contributed by atoms with van der Waals surface area (Å²) < 4.78 is 41.1. The van der Waals surface area contributed by atoms with E-state index in [4.69, 9.17) is 21.1 Å². The molecule has 0 saturated carbocycles. The maximum atomic E-state index is 14.8. The summed E-state index contributed by atoms with van der Waals surface area (Å²) in [6.07, 6.45) is 2.48. The van der Waals surface area contributed by atoms with Crippen molar-refractivity contribution in [1.29, 1.82) is 0 Å². The minimum Gasteiger partial charge on any atom is -0.482 e. The number of carbonyl (C=O) groups is 1. The molecule has 7 nitrogen and oxygen atoms in total. The summed E-state index contributed by atoms with van der Waals surface area (Å²) in [5.41, 5.74) is 1.36. The lowest BCUT2D eigenvalue weighted by molar-refractivity contribution is -0.135. The lowest BCUT2D eigenvalue weighted by atomic mass is 9.97. The first-order valence-corrected chi connectivity index (χ1v) is 12.1. The molecule has 0 unspecified atom stereocenters. The number of alkyl halides is 2. The number of carbonyl (C=O) groups excluding carboxylic acids is 1. The van der Waals surface area contributed by atoms with Crippen LogP contribution in [0.4, 0.5) is 19.3 Å². The SMILES string of the molecule is CN(C)C=Nc1ccc(C2=CCN(C(=O)OC(C)(C)C)CC2)c(O[C@@H]2CCN(C)CC2(F)F)c1Cl. The van der Waals surface area contributed by atoms with Crippen LogP contribution in [0.25, 0.3) is 5.57 Å². The molecule has 0 radical (unpaired) electrons. The molecular formula is C25H35ClF2N4O3. The van der Waals surface area contributed by atoms with Gasteiger partial charge in [0.05, 0.1) is 18.6 Å². The molecule has 1 fully saturated rings. The van der Waals surface area contributed by atoms with Crippen LogP contribution in [0.5, 0.6) is 5.75 Å². The summed E-state index contributed by atoms with van der Waals surface area (Å²) in [4.78, 5) is 21.8. The molecule has 1 saturated heterocycles. The van der Waals surface area contributed by atoms with Crippen LogP contribution in [0.1, 0.15) is 39.2 Å². The fourth-order valence-corrected chi connectivity index (χ4v) is 4.23. The van der Waals surface area contributed by atoms with Crippen LogP contribution in [-0.4, -0.2) is 92.1 Å². The van der Waals surface area contributed by atoms with Crippen molar-refractivity contribution in [3.63, 3.8) is 0 Å². The van der Waals surface area contributed by atoms with Crippen LogP contribution in [0.15, 0.2) is 23.2 Å². The third-order valence-corrected chi connectivity index (χ3v) is 6.06. The minimum atomic E-state index is -3.02. The van der Waals surface area contributed by atoms with Gasteiger partial charge >= 0.3 is 6.09 Å². The zero-order valence-electron chi connectivity index (χ0n) is 21.3. The Bertz CT molecular complexity index is 992. The van der Waals surface area contributed by atoms with E-state index in [1.807, 2.05) is 40.9 Å². The largest absolute Gasteiger partial charge is 0.482 e. The van der Waals surface area contributed by atoms with Crippen LogP contribution in [0, 0.1) is 0 Å². The zero-order valence-corrected chi connectivity index (χ0v) is 22.0. The number of amides is 1. The molecular weight excluding hydrogens is 478 g/mol. The Morgan fingerprint density at radius 3 is 2.57 bits per heavy atom. The monoisotopic (exact) mass is 512 g/mol. The summed E-state index contributed by atoms with van der Waals surface area (Å²) >= 11 is 6.69. The highest BCUT2D eigenvalue weighted by atomic mass is 35.5. The molecule has 0 bridgehead atoms. The smallest absolute Gasteiger partial charge is 0.410 e. The predicted molar refractivity (Wildman–Crippen MR) is 135 cm³/mol. The second-order valence-corrected chi connectivity index (χ2v) is 10.7. The van der Waals surface area contributed by atoms with Gasteiger partial charge in [0.15, 0.2) is 6.10 Å². The van der Waals surface area contributed by atoms with Gasteiger partial charge in [0, 0.05) is 45.7 Å². The number of likely N-dealkylation sites (tertiary alicyclic amines) is 1. The van der Waals surface area contributed by atoms with Gasteiger partial charge in [-0.1, -0.05) is 17.7 Å². The molecule has 2 aliphatic rings. The molecule has 0 spiro atoms. The van der Waals surface area contributed by atoms with Crippen LogP contribution >= 0.6 is 11.6 Å². The van der Waals surface area contributed by atoms with Crippen molar-refractivity contribution in [2.24, 2.45) is 4.99 Å². The molecule has 0 N–H and O–H groups in total. The van der Waals surface area contributed by atoms with E-state index in [1.54, 1.807) is 40.2 Å². The molecule has 1 aromatic rings. The van der Waals surface area contributed by atoms with Crippen LogP contribution < -0.4 is 4.74 Å². The lowest BCUT2D eigenvalue weighted by Gasteiger charge is -2.37. The molecule has 2 heterocycles. The van der Waals surface area contributed by atoms with Gasteiger partial charge in [-0.3, -0.25) is 0 Å². The number of hydrogen-bond donors (Lipinski definition) is 0. The Morgan fingerprint density at radius 1 is 1.29 bits per heavy atom. The van der Waals surface area contributed by atoms with Crippen molar-refractivity contribution in [3.05, 3.63) is 28.8 Å². The quantitative estimate of drug-likeness (QED) is 0.395. The normalized spacial score (nSPS) is 21.1. The highest BCUT2D eigenvalue weighted by Crippen LogP contribution is 2.44. The highest BCUT2D eigenvalue weighted by molar-refractivity contribution is 6.35. The van der Waals surface area contributed by atoms with Crippen LogP contribution in [0.2, 0.25) is 5.02 Å². The maximum Gasteiger partial charge on any atom is 0.410 e. The van der Waals surface area contributed by atoms with Crippen molar-refractivity contribution in [3.8, 4) is 5.75 Å². The van der Waals surface area contributed by atoms with Gasteiger partial charge in [0.1, 0.15) is 16.4 Å². The first-order chi connectivity index (χ1) is 16.3. The lowest BCUT2D eigenvalue weighted by Crippen LogP contribution is -2.52. The van der Waals surface area contributed by atoms with Gasteiger partial charge in [-0.2, -0.15) is 0 Å². The first-order valence-electron chi connectivity index (χ1n) is 11.7. The number of benzene rings is 1. The third kappa shape index (κ3) is 7.07. The van der Waals surface area contributed by atoms with Gasteiger partial charge in [0.2, 0.25) is 0 Å².